The summed E-state index contributed by atoms with van der Waals surface area (Å²) in [5.74, 6) is -0.563. The Labute approximate surface area is 170 Å². The van der Waals surface area contributed by atoms with E-state index in [2.05, 4.69) is 10.1 Å². The van der Waals surface area contributed by atoms with E-state index in [0.717, 1.165) is 11.3 Å². The van der Waals surface area contributed by atoms with E-state index in [9.17, 15) is 9.18 Å². The molecule has 0 bridgehead atoms. The minimum Gasteiger partial charge on any atom is -0.467 e. The average molecular weight is 405 g/mol. The van der Waals surface area contributed by atoms with Crippen LogP contribution in [0.2, 0.25) is 0 Å². The van der Waals surface area contributed by atoms with Crippen LogP contribution in [-0.4, -0.2) is 27.4 Å². The smallest absolute Gasteiger partial charge is 0.343 e. The summed E-state index contributed by atoms with van der Waals surface area (Å²) in [7, 11) is 0. The molecule has 0 N–H and O–H groups in total. The van der Waals surface area contributed by atoms with Crippen LogP contribution >= 0.6 is 0 Å². The van der Waals surface area contributed by atoms with Crippen molar-refractivity contribution in [3.63, 3.8) is 0 Å². The zero-order valence-corrected chi connectivity index (χ0v) is 15.7. The van der Waals surface area contributed by atoms with Crippen LogP contribution in [-0.2, 0) is 22.7 Å². The van der Waals surface area contributed by atoms with Crippen LogP contribution in [0.5, 0.6) is 5.75 Å². The third-order valence-electron chi connectivity index (χ3n) is 4.80. The molecule has 0 saturated heterocycles. The van der Waals surface area contributed by atoms with Gasteiger partial charge in [-0.3, -0.25) is 0 Å². The highest BCUT2D eigenvalue weighted by molar-refractivity contribution is 5.96. The highest BCUT2D eigenvalue weighted by Gasteiger charge is 2.21. The molecule has 0 amide bonds. The van der Waals surface area contributed by atoms with E-state index in [1.165, 1.54) is 18.3 Å². The Morgan fingerprint density at radius 2 is 2.07 bits per heavy atom. The summed E-state index contributed by atoms with van der Waals surface area (Å²) >= 11 is 0. The van der Waals surface area contributed by atoms with Gasteiger partial charge in [-0.15, -0.1) is 0 Å². The third-order valence-corrected chi connectivity index (χ3v) is 4.80. The van der Waals surface area contributed by atoms with Crippen LogP contribution in [0.1, 0.15) is 21.5 Å². The molecule has 150 valence electrons. The molecule has 0 aliphatic carbocycles. The van der Waals surface area contributed by atoms with Gasteiger partial charge in [-0.1, -0.05) is 30.3 Å². The van der Waals surface area contributed by atoms with Crippen molar-refractivity contribution in [2.75, 3.05) is 6.79 Å². The number of ether oxygens (including phenoxy) is 3. The fourth-order valence-corrected chi connectivity index (χ4v) is 3.45. The Kier molecular flexibility index (Phi) is 4.61. The second kappa shape index (κ2) is 7.57. The lowest BCUT2D eigenvalue weighted by atomic mass is 10.1. The van der Waals surface area contributed by atoms with Crippen LogP contribution in [0, 0.1) is 5.82 Å². The van der Waals surface area contributed by atoms with Crippen LogP contribution < -0.4 is 4.74 Å². The molecule has 0 atom stereocenters. The molecular formula is C22H16FN3O4. The Morgan fingerprint density at radius 3 is 2.93 bits per heavy atom. The van der Waals surface area contributed by atoms with Crippen molar-refractivity contribution in [2.24, 2.45) is 0 Å². The Balaban J connectivity index is 1.42. The number of fused-ring (bicyclic) bond motifs is 2. The first kappa shape index (κ1) is 18.3. The molecule has 0 fully saturated rings. The van der Waals surface area contributed by atoms with Crippen molar-refractivity contribution in [1.82, 2.24) is 14.6 Å². The first-order valence-corrected chi connectivity index (χ1v) is 9.28. The van der Waals surface area contributed by atoms with E-state index in [1.807, 2.05) is 36.4 Å². The summed E-state index contributed by atoms with van der Waals surface area (Å²) in [6.45, 7) is 0.169. The van der Waals surface area contributed by atoms with E-state index >= 15 is 0 Å². The van der Waals surface area contributed by atoms with Gasteiger partial charge in [0.05, 0.1) is 18.5 Å². The topological polar surface area (TPSA) is 75.0 Å². The maximum absolute atomic E-state index is 13.9. The molecule has 5 rings (SSSR count). The van der Waals surface area contributed by atoms with Crippen molar-refractivity contribution < 1.29 is 23.4 Å². The fraction of sp³-hybridized carbons (Fsp3) is 0.136. The minimum atomic E-state index is -0.604. The van der Waals surface area contributed by atoms with E-state index in [0.29, 0.717) is 22.5 Å². The van der Waals surface area contributed by atoms with Crippen LogP contribution in [0.3, 0.4) is 0 Å². The van der Waals surface area contributed by atoms with Gasteiger partial charge in [-0.25, -0.2) is 18.7 Å². The monoisotopic (exact) mass is 405 g/mol. The van der Waals surface area contributed by atoms with Gasteiger partial charge in [0.15, 0.2) is 12.4 Å². The second-order valence-corrected chi connectivity index (χ2v) is 6.73. The molecule has 7 nitrogen and oxygen atoms in total. The molecule has 0 saturated carbocycles. The predicted molar refractivity (Wildman–Crippen MR) is 104 cm³/mol. The number of carbonyl (C=O) groups excluding carboxylic acids is 1. The van der Waals surface area contributed by atoms with Gasteiger partial charge in [0, 0.05) is 22.9 Å². The maximum atomic E-state index is 13.9. The average Bonchev–Trinajstić information content (AvgIpc) is 3.22. The quantitative estimate of drug-likeness (QED) is 0.482. The van der Waals surface area contributed by atoms with Crippen LogP contribution in [0.4, 0.5) is 4.39 Å². The second-order valence-electron chi connectivity index (χ2n) is 6.73. The fourth-order valence-electron chi connectivity index (χ4n) is 3.45. The number of aromatic nitrogens is 3. The van der Waals surface area contributed by atoms with Gasteiger partial charge in [0.1, 0.15) is 23.7 Å². The van der Waals surface area contributed by atoms with E-state index in [1.54, 1.807) is 10.7 Å². The molecule has 1 aliphatic rings. The van der Waals surface area contributed by atoms with E-state index in [4.69, 9.17) is 14.2 Å². The van der Waals surface area contributed by atoms with E-state index < -0.39 is 11.8 Å². The largest absolute Gasteiger partial charge is 0.467 e. The Hall–Kier alpha value is -3.78. The van der Waals surface area contributed by atoms with Gasteiger partial charge < -0.3 is 14.2 Å². The zero-order chi connectivity index (χ0) is 20.5. The van der Waals surface area contributed by atoms with Crippen molar-refractivity contribution in [3.05, 3.63) is 83.4 Å². The number of hydrogen-bond donors (Lipinski definition) is 0. The highest BCUT2D eigenvalue weighted by atomic mass is 19.1. The molecular weight excluding hydrogens is 389 g/mol. The SMILES string of the molecule is O=C(OCc1cc(F)cc2c1OCOC2)c1cnn2c(-c3ccccc3)ccnc12. The molecule has 2 aromatic heterocycles. The number of esters is 1. The number of carbonyl (C=O) groups is 1. The van der Waals surface area contributed by atoms with Crippen molar-refractivity contribution >= 4 is 11.6 Å². The first-order chi connectivity index (χ1) is 14.7. The van der Waals surface area contributed by atoms with Gasteiger partial charge in [-0.05, 0) is 18.2 Å². The molecule has 30 heavy (non-hydrogen) atoms. The normalized spacial score (nSPS) is 13.0. The minimum absolute atomic E-state index is 0.0693. The first-order valence-electron chi connectivity index (χ1n) is 9.28. The van der Waals surface area contributed by atoms with Crippen molar-refractivity contribution in [2.45, 2.75) is 13.2 Å². The number of hydrogen-bond acceptors (Lipinski definition) is 6. The summed E-state index contributed by atoms with van der Waals surface area (Å²) in [6, 6.07) is 14.1. The number of rotatable bonds is 4. The standard InChI is InChI=1S/C22H16FN3O4/c23-17-8-15-11-28-13-30-20(15)16(9-17)12-29-22(27)18-10-25-26-19(6-7-24-21(18)26)14-4-2-1-3-5-14/h1-10H,11-13H2. The van der Waals surface area contributed by atoms with Crippen molar-refractivity contribution in [3.8, 4) is 17.0 Å². The number of benzene rings is 2. The lowest BCUT2D eigenvalue weighted by Crippen LogP contribution is -2.15. The summed E-state index contributed by atoms with van der Waals surface area (Å²) in [5.41, 5.74) is 3.37. The molecule has 8 heteroatoms. The number of nitrogens with zero attached hydrogens (tertiary/aromatic N) is 3. The lowest BCUT2D eigenvalue weighted by molar-refractivity contribution is -0.0182. The van der Waals surface area contributed by atoms with Gasteiger partial charge in [-0.2, -0.15) is 5.10 Å². The molecule has 2 aromatic carbocycles. The van der Waals surface area contributed by atoms with E-state index in [-0.39, 0.29) is 25.6 Å². The molecule has 1 aliphatic heterocycles. The Bertz CT molecular complexity index is 1240. The van der Waals surface area contributed by atoms with Gasteiger partial charge in [0.2, 0.25) is 0 Å². The highest BCUT2D eigenvalue weighted by Crippen LogP contribution is 2.30. The summed E-state index contributed by atoms with van der Waals surface area (Å²) in [5, 5.41) is 4.31. The molecule has 4 aromatic rings. The van der Waals surface area contributed by atoms with Crippen LogP contribution in [0.25, 0.3) is 16.9 Å². The van der Waals surface area contributed by atoms with Crippen LogP contribution in [0.15, 0.2) is 60.9 Å². The summed E-state index contributed by atoms with van der Waals surface area (Å²) < 4.78 is 31.5. The summed E-state index contributed by atoms with van der Waals surface area (Å²) in [4.78, 5) is 17.0. The predicted octanol–water partition coefficient (Wildman–Crippen LogP) is 3.76. The molecule has 0 spiro atoms. The maximum Gasteiger partial charge on any atom is 0.343 e. The summed E-state index contributed by atoms with van der Waals surface area (Å²) in [6.07, 6.45) is 3.04. The van der Waals surface area contributed by atoms with Crippen molar-refractivity contribution in [1.29, 1.82) is 0 Å². The molecule has 0 unspecified atom stereocenters. The lowest BCUT2D eigenvalue weighted by Gasteiger charge is -2.20. The van der Waals surface area contributed by atoms with Gasteiger partial charge >= 0.3 is 5.97 Å². The zero-order valence-electron chi connectivity index (χ0n) is 15.7. The Morgan fingerprint density at radius 1 is 1.20 bits per heavy atom. The molecule has 0 radical (unpaired) electrons. The van der Waals surface area contributed by atoms with Gasteiger partial charge in [0.25, 0.3) is 0 Å². The molecule has 3 heterocycles. The number of halogens is 1. The third kappa shape index (κ3) is 3.27.